The second-order valence-electron chi connectivity index (χ2n) is 4.31. The molecule has 0 atom stereocenters. The molecule has 0 heterocycles. The normalized spacial score (nSPS) is 10.2. The van der Waals surface area contributed by atoms with Gasteiger partial charge in [-0.15, -0.1) is 0 Å². The average Bonchev–Trinajstić information content (AvgIpc) is 2.40. The number of nitrogen functional groups attached to an aromatic ring is 1. The van der Waals surface area contributed by atoms with E-state index in [1.807, 2.05) is 13.0 Å². The number of carbonyl (C=O) groups excluding carboxylic acids is 1. The highest BCUT2D eigenvalue weighted by atomic mass is 19.1. The fourth-order valence-electron chi connectivity index (χ4n) is 1.79. The number of hydrogen-bond donors (Lipinski definition) is 2. The van der Waals surface area contributed by atoms with Crippen LogP contribution in [-0.2, 0) is 6.54 Å². The van der Waals surface area contributed by atoms with Gasteiger partial charge in [0.05, 0.1) is 5.56 Å². The number of para-hydroxylation sites is 1. The molecule has 0 spiro atoms. The summed E-state index contributed by atoms with van der Waals surface area (Å²) in [7, 11) is 0. The highest BCUT2D eigenvalue weighted by Crippen LogP contribution is 2.16. The first-order chi connectivity index (χ1) is 9.09. The van der Waals surface area contributed by atoms with Gasteiger partial charge < -0.3 is 11.1 Å². The van der Waals surface area contributed by atoms with Gasteiger partial charge in [-0.25, -0.2) is 4.39 Å². The van der Waals surface area contributed by atoms with E-state index >= 15 is 0 Å². The van der Waals surface area contributed by atoms with Crippen molar-refractivity contribution in [2.45, 2.75) is 13.5 Å². The van der Waals surface area contributed by atoms with Crippen molar-refractivity contribution >= 4 is 11.6 Å². The molecule has 0 aliphatic rings. The molecule has 0 fully saturated rings. The molecule has 0 aromatic heterocycles. The Morgan fingerprint density at radius 2 is 1.95 bits per heavy atom. The smallest absolute Gasteiger partial charge is 0.253 e. The van der Waals surface area contributed by atoms with E-state index in [2.05, 4.69) is 5.32 Å². The number of benzene rings is 2. The summed E-state index contributed by atoms with van der Waals surface area (Å²) in [5.41, 5.74) is 8.01. The third-order valence-corrected chi connectivity index (χ3v) is 2.97. The molecule has 0 unspecified atom stereocenters. The van der Waals surface area contributed by atoms with Crippen molar-refractivity contribution in [2.24, 2.45) is 0 Å². The van der Waals surface area contributed by atoms with Crippen molar-refractivity contribution in [3.63, 3.8) is 0 Å². The van der Waals surface area contributed by atoms with E-state index in [0.717, 1.165) is 5.56 Å². The molecule has 0 radical (unpaired) electrons. The predicted molar refractivity (Wildman–Crippen MR) is 73.2 cm³/mol. The number of carbonyl (C=O) groups is 1. The van der Waals surface area contributed by atoms with Gasteiger partial charge in [0.15, 0.2) is 0 Å². The van der Waals surface area contributed by atoms with Gasteiger partial charge in [0.2, 0.25) is 0 Å². The average molecular weight is 258 g/mol. The highest BCUT2D eigenvalue weighted by Gasteiger charge is 2.11. The van der Waals surface area contributed by atoms with E-state index in [-0.39, 0.29) is 18.3 Å². The van der Waals surface area contributed by atoms with Gasteiger partial charge in [0.1, 0.15) is 5.82 Å². The molecule has 2 rings (SSSR count). The van der Waals surface area contributed by atoms with Crippen LogP contribution in [-0.4, -0.2) is 5.91 Å². The molecule has 98 valence electrons. The van der Waals surface area contributed by atoms with Crippen molar-refractivity contribution in [3.8, 4) is 0 Å². The monoisotopic (exact) mass is 258 g/mol. The molecule has 2 aromatic carbocycles. The highest BCUT2D eigenvalue weighted by molar-refractivity contribution is 5.99. The number of anilines is 1. The van der Waals surface area contributed by atoms with Crippen molar-refractivity contribution in [1.29, 1.82) is 0 Å². The third kappa shape index (κ3) is 2.91. The molecule has 0 saturated carbocycles. The minimum absolute atomic E-state index is 0.138. The third-order valence-electron chi connectivity index (χ3n) is 2.97. The van der Waals surface area contributed by atoms with Crippen LogP contribution in [0.4, 0.5) is 10.1 Å². The number of halogens is 1. The Balaban J connectivity index is 2.10. The first kappa shape index (κ1) is 13.1. The number of hydrogen-bond acceptors (Lipinski definition) is 2. The molecular formula is C15H15FN2O. The number of nitrogens with two attached hydrogens (primary N) is 1. The van der Waals surface area contributed by atoms with E-state index in [4.69, 9.17) is 5.73 Å². The SMILES string of the molecule is Cc1cccc(C(=O)NCc2ccccc2F)c1N. The molecule has 0 bridgehead atoms. The van der Waals surface area contributed by atoms with Crippen LogP contribution in [0, 0.1) is 12.7 Å². The fraction of sp³-hybridized carbons (Fsp3) is 0.133. The fourth-order valence-corrected chi connectivity index (χ4v) is 1.79. The lowest BCUT2D eigenvalue weighted by atomic mass is 10.1. The second-order valence-corrected chi connectivity index (χ2v) is 4.31. The summed E-state index contributed by atoms with van der Waals surface area (Å²) >= 11 is 0. The predicted octanol–water partition coefficient (Wildman–Crippen LogP) is 2.65. The van der Waals surface area contributed by atoms with Gasteiger partial charge in [-0.1, -0.05) is 30.3 Å². The first-order valence-electron chi connectivity index (χ1n) is 5.96. The summed E-state index contributed by atoms with van der Waals surface area (Å²) in [6.45, 7) is 1.97. The zero-order chi connectivity index (χ0) is 13.8. The van der Waals surface area contributed by atoms with Crippen molar-refractivity contribution in [3.05, 3.63) is 65.0 Å². The maximum absolute atomic E-state index is 13.4. The van der Waals surface area contributed by atoms with E-state index in [1.165, 1.54) is 6.07 Å². The van der Waals surface area contributed by atoms with Crippen LogP contribution >= 0.6 is 0 Å². The van der Waals surface area contributed by atoms with Crippen LogP contribution in [0.15, 0.2) is 42.5 Å². The molecule has 19 heavy (non-hydrogen) atoms. The van der Waals surface area contributed by atoms with Crippen LogP contribution in [0.1, 0.15) is 21.5 Å². The lowest BCUT2D eigenvalue weighted by Gasteiger charge is -2.09. The van der Waals surface area contributed by atoms with E-state index in [9.17, 15) is 9.18 Å². The maximum Gasteiger partial charge on any atom is 0.253 e. The summed E-state index contributed by atoms with van der Waals surface area (Å²) in [6.07, 6.45) is 0. The number of amides is 1. The molecule has 4 heteroatoms. The zero-order valence-electron chi connectivity index (χ0n) is 10.6. The Kier molecular flexibility index (Phi) is 3.80. The van der Waals surface area contributed by atoms with Gasteiger partial charge in [-0.2, -0.15) is 0 Å². The molecule has 0 saturated heterocycles. The Bertz CT molecular complexity index is 611. The summed E-state index contributed by atoms with van der Waals surface area (Å²) in [5, 5.41) is 2.67. The number of nitrogens with one attached hydrogen (secondary N) is 1. The standard InChI is InChI=1S/C15H15FN2O/c1-10-5-4-7-12(14(10)17)15(19)18-9-11-6-2-3-8-13(11)16/h2-8H,9,17H2,1H3,(H,18,19). The largest absolute Gasteiger partial charge is 0.398 e. The molecule has 2 aromatic rings. The van der Waals surface area contributed by atoms with Gasteiger partial charge in [0.25, 0.3) is 5.91 Å². The van der Waals surface area contributed by atoms with Crippen LogP contribution in [0.25, 0.3) is 0 Å². The Morgan fingerprint density at radius 1 is 1.21 bits per heavy atom. The van der Waals surface area contributed by atoms with Crippen LogP contribution in [0.5, 0.6) is 0 Å². The minimum atomic E-state index is -0.333. The molecular weight excluding hydrogens is 243 g/mol. The van der Waals surface area contributed by atoms with E-state index in [1.54, 1.807) is 30.3 Å². The van der Waals surface area contributed by atoms with Crippen LogP contribution < -0.4 is 11.1 Å². The van der Waals surface area contributed by atoms with E-state index < -0.39 is 0 Å². The minimum Gasteiger partial charge on any atom is -0.398 e. The van der Waals surface area contributed by atoms with Crippen molar-refractivity contribution in [2.75, 3.05) is 5.73 Å². The second kappa shape index (κ2) is 5.52. The molecule has 3 N–H and O–H groups in total. The van der Waals surface area contributed by atoms with Crippen molar-refractivity contribution in [1.82, 2.24) is 5.32 Å². The number of aryl methyl sites for hydroxylation is 1. The van der Waals surface area contributed by atoms with Gasteiger partial charge in [-0.3, -0.25) is 4.79 Å². The lowest BCUT2D eigenvalue weighted by Crippen LogP contribution is -2.24. The Hall–Kier alpha value is -2.36. The van der Waals surface area contributed by atoms with Crippen LogP contribution in [0.2, 0.25) is 0 Å². The number of rotatable bonds is 3. The summed E-state index contributed by atoms with van der Waals surface area (Å²) < 4.78 is 13.4. The lowest BCUT2D eigenvalue weighted by molar-refractivity contribution is 0.0951. The maximum atomic E-state index is 13.4. The van der Waals surface area contributed by atoms with Crippen molar-refractivity contribution < 1.29 is 9.18 Å². The molecule has 0 aliphatic carbocycles. The molecule has 3 nitrogen and oxygen atoms in total. The topological polar surface area (TPSA) is 55.1 Å². The van der Waals surface area contributed by atoms with E-state index in [0.29, 0.717) is 16.8 Å². The summed E-state index contributed by atoms with van der Waals surface area (Å²) in [6, 6.07) is 11.6. The summed E-state index contributed by atoms with van der Waals surface area (Å²) in [5.74, 6) is -0.635. The Morgan fingerprint density at radius 3 is 2.68 bits per heavy atom. The van der Waals surface area contributed by atoms with Gasteiger partial charge >= 0.3 is 0 Å². The zero-order valence-corrected chi connectivity index (χ0v) is 10.6. The summed E-state index contributed by atoms with van der Waals surface area (Å²) in [4.78, 5) is 12.0. The molecule has 1 amide bonds. The Labute approximate surface area is 111 Å². The van der Waals surface area contributed by atoms with Gasteiger partial charge in [-0.05, 0) is 24.6 Å². The van der Waals surface area contributed by atoms with Crippen LogP contribution in [0.3, 0.4) is 0 Å². The van der Waals surface area contributed by atoms with Gasteiger partial charge in [0, 0.05) is 17.8 Å². The first-order valence-corrected chi connectivity index (χ1v) is 5.96. The molecule has 0 aliphatic heterocycles. The quantitative estimate of drug-likeness (QED) is 0.831.